The molecule has 4 aromatic rings. The summed E-state index contributed by atoms with van der Waals surface area (Å²) in [6.07, 6.45) is 0. The van der Waals surface area contributed by atoms with Gasteiger partial charge >= 0.3 is 0 Å². The van der Waals surface area contributed by atoms with Crippen LogP contribution in [0.3, 0.4) is 0 Å². The molecule has 2 heterocycles. The topological polar surface area (TPSA) is 78.5 Å². The zero-order valence-corrected chi connectivity index (χ0v) is 14.5. The number of aromatic amines is 1. The Morgan fingerprint density at radius 3 is 2.59 bits per heavy atom. The molecular weight excluding hydrogens is 343 g/mol. The minimum absolute atomic E-state index is 0. The van der Waals surface area contributed by atoms with E-state index in [1.165, 1.54) is 6.07 Å². The average Bonchev–Trinajstić information content (AvgIpc) is 3.14. The molecule has 0 atom stereocenters. The fraction of sp³-hybridized carbons (Fsp3) is 0.190. The maximum Gasteiger partial charge on any atom is 0.141 e. The first-order valence-corrected chi connectivity index (χ1v) is 8.12. The number of nitrogens with zero attached hydrogens (tertiary/aromatic N) is 3. The number of imidazole rings is 1. The molecule has 0 radical (unpaired) electrons. The van der Waals surface area contributed by atoms with E-state index in [-0.39, 0.29) is 13.0 Å². The number of halogens is 1. The highest BCUT2D eigenvalue weighted by Gasteiger charge is 2.19. The first-order valence-electron chi connectivity index (χ1n) is 8.12. The number of hydrogen-bond acceptors (Lipinski definition) is 4. The maximum absolute atomic E-state index is 14.2. The van der Waals surface area contributed by atoms with Crippen molar-refractivity contribution in [3.05, 3.63) is 59.0 Å². The standard InChI is InChI=1S/C20H15FN4O.CH4/c1-10-19(11(2)26-25-10)13-7-15(20-18(8-13)23-12(3)24-20)14-5-4-6-17(21)16(14)9-22;/h4-8H,1-3H3,(H,23,24);1H4. The van der Waals surface area contributed by atoms with Gasteiger partial charge in [-0.05, 0) is 44.5 Å². The number of nitrogens with one attached hydrogen (secondary N) is 1. The van der Waals surface area contributed by atoms with E-state index in [0.29, 0.717) is 22.4 Å². The Morgan fingerprint density at radius 2 is 1.93 bits per heavy atom. The number of aryl methyl sites for hydroxylation is 3. The predicted octanol–water partition coefficient (Wildman–Crippen LogP) is 5.46. The van der Waals surface area contributed by atoms with Crippen LogP contribution in [0.2, 0.25) is 0 Å². The number of fused-ring (bicyclic) bond motifs is 1. The van der Waals surface area contributed by atoms with Crippen LogP contribution < -0.4 is 0 Å². The minimum atomic E-state index is -0.548. The van der Waals surface area contributed by atoms with Crippen LogP contribution in [0.1, 0.15) is 30.3 Å². The highest BCUT2D eigenvalue weighted by atomic mass is 19.1. The summed E-state index contributed by atoms with van der Waals surface area (Å²) in [5.74, 6) is 0.893. The van der Waals surface area contributed by atoms with Gasteiger partial charge in [-0.1, -0.05) is 24.7 Å². The summed E-state index contributed by atoms with van der Waals surface area (Å²) in [5.41, 5.74) is 5.24. The van der Waals surface area contributed by atoms with Crippen LogP contribution in [0, 0.1) is 37.9 Å². The van der Waals surface area contributed by atoms with Gasteiger partial charge in [0, 0.05) is 16.7 Å². The van der Waals surface area contributed by atoms with E-state index in [1.807, 2.05) is 39.0 Å². The van der Waals surface area contributed by atoms with Crippen molar-refractivity contribution in [1.29, 1.82) is 5.26 Å². The van der Waals surface area contributed by atoms with E-state index in [9.17, 15) is 9.65 Å². The lowest BCUT2D eigenvalue weighted by Gasteiger charge is -2.09. The van der Waals surface area contributed by atoms with E-state index < -0.39 is 5.82 Å². The molecule has 136 valence electrons. The molecule has 0 unspecified atom stereocenters. The van der Waals surface area contributed by atoms with Crippen LogP contribution in [0.4, 0.5) is 4.39 Å². The van der Waals surface area contributed by atoms with Gasteiger partial charge in [0.1, 0.15) is 23.5 Å². The van der Waals surface area contributed by atoms with Crippen molar-refractivity contribution in [2.45, 2.75) is 28.2 Å². The Labute approximate surface area is 156 Å². The molecule has 1 N–H and O–H groups in total. The van der Waals surface area contributed by atoms with E-state index >= 15 is 0 Å². The van der Waals surface area contributed by atoms with Crippen LogP contribution in [0.5, 0.6) is 0 Å². The molecule has 0 spiro atoms. The first-order chi connectivity index (χ1) is 12.5. The molecule has 0 amide bonds. The number of benzene rings is 2. The third-order valence-electron chi connectivity index (χ3n) is 4.44. The molecule has 0 saturated carbocycles. The zero-order valence-electron chi connectivity index (χ0n) is 14.5. The van der Waals surface area contributed by atoms with Crippen molar-refractivity contribution in [1.82, 2.24) is 15.1 Å². The molecule has 6 heteroatoms. The highest BCUT2D eigenvalue weighted by molar-refractivity contribution is 5.97. The predicted molar refractivity (Wildman–Crippen MR) is 103 cm³/mol. The molecule has 27 heavy (non-hydrogen) atoms. The number of hydrogen-bond donors (Lipinski definition) is 1. The Balaban J connectivity index is 0.00000210. The van der Waals surface area contributed by atoms with Crippen LogP contribution in [0.25, 0.3) is 33.3 Å². The van der Waals surface area contributed by atoms with Crippen LogP contribution in [-0.4, -0.2) is 15.1 Å². The maximum atomic E-state index is 14.2. The van der Waals surface area contributed by atoms with Crippen molar-refractivity contribution in [2.24, 2.45) is 0 Å². The molecule has 0 saturated heterocycles. The Kier molecular flexibility index (Phi) is 4.54. The monoisotopic (exact) mass is 362 g/mol. The minimum Gasteiger partial charge on any atom is -0.361 e. The van der Waals surface area contributed by atoms with Gasteiger partial charge in [-0.2, -0.15) is 5.26 Å². The highest BCUT2D eigenvalue weighted by Crippen LogP contribution is 2.37. The van der Waals surface area contributed by atoms with E-state index in [2.05, 4.69) is 15.1 Å². The summed E-state index contributed by atoms with van der Waals surface area (Å²) in [5, 5.41) is 13.5. The van der Waals surface area contributed by atoms with Gasteiger partial charge < -0.3 is 9.51 Å². The normalized spacial score (nSPS) is 10.6. The molecule has 0 aliphatic rings. The quantitative estimate of drug-likeness (QED) is 0.514. The van der Waals surface area contributed by atoms with Gasteiger partial charge in [0.05, 0.1) is 22.3 Å². The molecule has 0 bridgehead atoms. The molecule has 4 rings (SSSR count). The lowest BCUT2D eigenvalue weighted by molar-refractivity contribution is 0.393. The smallest absolute Gasteiger partial charge is 0.141 e. The summed E-state index contributed by atoms with van der Waals surface area (Å²) in [6.45, 7) is 5.58. The fourth-order valence-electron chi connectivity index (χ4n) is 3.35. The van der Waals surface area contributed by atoms with Crippen LogP contribution >= 0.6 is 0 Å². The van der Waals surface area contributed by atoms with Gasteiger partial charge in [-0.25, -0.2) is 9.37 Å². The lowest BCUT2D eigenvalue weighted by Crippen LogP contribution is -1.92. The Bertz CT molecular complexity index is 1180. The summed E-state index contributed by atoms with van der Waals surface area (Å²) < 4.78 is 19.5. The second kappa shape index (κ2) is 6.69. The average molecular weight is 362 g/mol. The third-order valence-corrected chi connectivity index (χ3v) is 4.44. The molecule has 0 fully saturated rings. The second-order valence-electron chi connectivity index (χ2n) is 6.22. The van der Waals surface area contributed by atoms with Gasteiger partial charge in [-0.15, -0.1) is 0 Å². The molecule has 2 aromatic carbocycles. The van der Waals surface area contributed by atoms with E-state index in [0.717, 1.165) is 28.2 Å². The number of rotatable bonds is 2. The molecular formula is C21H19FN4O. The Morgan fingerprint density at radius 1 is 1.15 bits per heavy atom. The largest absolute Gasteiger partial charge is 0.361 e. The zero-order chi connectivity index (χ0) is 18.4. The second-order valence-corrected chi connectivity index (χ2v) is 6.22. The van der Waals surface area contributed by atoms with Crippen molar-refractivity contribution < 1.29 is 8.91 Å². The third kappa shape index (κ3) is 2.87. The SMILES string of the molecule is C.Cc1nc2c(-c3cccc(F)c3C#N)cc(-c3c(C)noc3C)cc2[nH]1. The summed E-state index contributed by atoms with van der Waals surface area (Å²) in [4.78, 5) is 7.76. The van der Waals surface area contributed by atoms with Gasteiger partial charge in [0.2, 0.25) is 0 Å². The molecule has 0 aliphatic carbocycles. The van der Waals surface area contributed by atoms with Crippen LogP contribution in [0.15, 0.2) is 34.9 Å². The van der Waals surface area contributed by atoms with Crippen molar-refractivity contribution in [2.75, 3.05) is 0 Å². The summed E-state index contributed by atoms with van der Waals surface area (Å²) >= 11 is 0. The van der Waals surface area contributed by atoms with Crippen molar-refractivity contribution in [3.63, 3.8) is 0 Å². The first kappa shape index (κ1) is 18.3. The van der Waals surface area contributed by atoms with Gasteiger partial charge in [-0.3, -0.25) is 0 Å². The number of aromatic nitrogens is 3. The van der Waals surface area contributed by atoms with Crippen molar-refractivity contribution >= 4 is 11.0 Å². The molecule has 2 aromatic heterocycles. The fourth-order valence-corrected chi connectivity index (χ4v) is 3.35. The van der Waals surface area contributed by atoms with Crippen molar-refractivity contribution in [3.8, 4) is 28.3 Å². The van der Waals surface area contributed by atoms with E-state index in [4.69, 9.17) is 4.52 Å². The number of nitriles is 1. The van der Waals surface area contributed by atoms with Gasteiger partial charge in [0.15, 0.2) is 0 Å². The number of H-pyrrole nitrogens is 1. The molecule has 0 aliphatic heterocycles. The Hall–Kier alpha value is -3.46. The van der Waals surface area contributed by atoms with Crippen LogP contribution in [-0.2, 0) is 0 Å². The molecule has 5 nitrogen and oxygen atoms in total. The lowest BCUT2D eigenvalue weighted by atomic mass is 9.94. The summed E-state index contributed by atoms with van der Waals surface area (Å²) in [7, 11) is 0. The summed E-state index contributed by atoms with van der Waals surface area (Å²) in [6, 6.07) is 10.5. The van der Waals surface area contributed by atoms with Gasteiger partial charge in [0.25, 0.3) is 0 Å². The van der Waals surface area contributed by atoms with E-state index in [1.54, 1.807) is 12.1 Å².